The molecule has 0 bridgehead atoms. The number of carbonyl (C=O) groups is 1. The Hall–Kier alpha value is -3.28. The van der Waals surface area contributed by atoms with E-state index in [0.29, 0.717) is 6.42 Å². The summed E-state index contributed by atoms with van der Waals surface area (Å²) in [4.78, 5) is 29.4. The monoisotopic (exact) mass is 444 g/mol. The Morgan fingerprint density at radius 2 is 2.03 bits per heavy atom. The van der Waals surface area contributed by atoms with Crippen molar-refractivity contribution >= 4 is 5.91 Å². The standard InChI is InChI=1S/C27H32N4O2/c1-5-7-25-29-17-22(21-11-12-28-16-19(21)3)27(30-25)23-8-6-13-31(23)26(32)15-20-14-18(2)9-10-24(20)33-4/h9-12,14,16-17,23H,5-8,13,15H2,1-4H3/t23-/m0/s1. The number of hydrogen-bond donors (Lipinski definition) is 0. The summed E-state index contributed by atoms with van der Waals surface area (Å²) in [5.41, 5.74) is 6.13. The van der Waals surface area contributed by atoms with Crippen molar-refractivity contribution in [3.05, 3.63) is 71.1 Å². The lowest BCUT2D eigenvalue weighted by molar-refractivity contribution is -0.131. The van der Waals surface area contributed by atoms with Gasteiger partial charge in [0.1, 0.15) is 11.6 Å². The summed E-state index contributed by atoms with van der Waals surface area (Å²) in [6.07, 6.45) is 9.57. The van der Waals surface area contributed by atoms with E-state index < -0.39 is 0 Å². The molecule has 6 nitrogen and oxygen atoms in total. The van der Waals surface area contributed by atoms with Crippen LogP contribution in [-0.2, 0) is 17.6 Å². The molecule has 1 atom stereocenters. The molecular weight excluding hydrogens is 412 g/mol. The van der Waals surface area contributed by atoms with E-state index in [0.717, 1.165) is 77.3 Å². The molecule has 0 N–H and O–H groups in total. The van der Waals surface area contributed by atoms with Crippen LogP contribution in [0.4, 0.5) is 0 Å². The molecule has 1 aliphatic heterocycles. The van der Waals surface area contributed by atoms with Gasteiger partial charge in [0, 0.05) is 42.7 Å². The lowest BCUT2D eigenvalue weighted by atomic mass is 9.97. The number of aryl methyl sites for hydroxylation is 3. The van der Waals surface area contributed by atoms with Gasteiger partial charge in [0.2, 0.25) is 5.91 Å². The quantitative estimate of drug-likeness (QED) is 0.512. The minimum absolute atomic E-state index is 0.0607. The number of aromatic nitrogens is 3. The van der Waals surface area contributed by atoms with Gasteiger partial charge in [-0.15, -0.1) is 0 Å². The lowest BCUT2D eigenvalue weighted by Gasteiger charge is -2.27. The van der Waals surface area contributed by atoms with Crippen LogP contribution < -0.4 is 4.74 Å². The van der Waals surface area contributed by atoms with Crippen LogP contribution in [0.1, 0.15) is 60.4 Å². The number of nitrogens with zero attached hydrogens (tertiary/aromatic N) is 4. The Morgan fingerprint density at radius 1 is 1.18 bits per heavy atom. The van der Waals surface area contributed by atoms with Crippen LogP contribution in [0.3, 0.4) is 0 Å². The molecule has 3 heterocycles. The minimum Gasteiger partial charge on any atom is -0.496 e. The molecule has 1 fully saturated rings. The average Bonchev–Trinajstić information content (AvgIpc) is 3.30. The van der Waals surface area contributed by atoms with Gasteiger partial charge >= 0.3 is 0 Å². The normalized spacial score (nSPS) is 15.6. The smallest absolute Gasteiger partial charge is 0.227 e. The fourth-order valence-electron chi connectivity index (χ4n) is 4.67. The van der Waals surface area contributed by atoms with E-state index in [1.165, 1.54) is 0 Å². The zero-order valence-corrected chi connectivity index (χ0v) is 20.0. The summed E-state index contributed by atoms with van der Waals surface area (Å²) in [7, 11) is 1.65. The number of benzene rings is 1. The Balaban J connectivity index is 1.70. The maximum absolute atomic E-state index is 13.5. The third-order valence-electron chi connectivity index (χ3n) is 6.32. The molecule has 1 saturated heterocycles. The fraction of sp³-hybridized carbons (Fsp3) is 0.407. The third kappa shape index (κ3) is 4.90. The first-order valence-electron chi connectivity index (χ1n) is 11.7. The zero-order valence-electron chi connectivity index (χ0n) is 20.0. The Kier molecular flexibility index (Phi) is 7.02. The number of hydrogen-bond acceptors (Lipinski definition) is 5. The van der Waals surface area contributed by atoms with E-state index in [1.54, 1.807) is 13.3 Å². The van der Waals surface area contributed by atoms with Crippen molar-refractivity contribution in [2.45, 2.75) is 58.9 Å². The van der Waals surface area contributed by atoms with E-state index in [9.17, 15) is 4.79 Å². The Labute approximate surface area is 196 Å². The molecular formula is C27H32N4O2. The second-order valence-electron chi connectivity index (χ2n) is 8.76. The number of ether oxygens (including phenoxy) is 1. The van der Waals surface area contributed by atoms with E-state index >= 15 is 0 Å². The molecule has 0 radical (unpaired) electrons. The molecule has 0 unspecified atom stereocenters. The highest BCUT2D eigenvalue weighted by molar-refractivity contribution is 5.81. The highest BCUT2D eigenvalue weighted by Gasteiger charge is 2.33. The van der Waals surface area contributed by atoms with Gasteiger partial charge in [-0.05, 0) is 56.4 Å². The van der Waals surface area contributed by atoms with Crippen LogP contribution in [0.25, 0.3) is 11.1 Å². The SMILES string of the molecule is CCCc1ncc(-c2ccncc2C)c([C@@H]2CCCN2C(=O)Cc2cc(C)ccc2OC)n1. The fourth-order valence-corrected chi connectivity index (χ4v) is 4.67. The van der Waals surface area contributed by atoms with Gasteiger partial charge < -0.3 is 9.64 Å². The highest BCUT2D eigenvalue weighted by Crippen LogP contribution is 2.38. The second kappa shape index (κ2) is 10.1. The molecule has 0 spiro atoms. The summed E-state index contributed by atoms with van der Waals surface area (Å²) < 4.78 is 5.51. The van der Waals surface area contributed by atoms with Crippen molar-refractivity contribution in [1.82, 2.24) is 19.9 Å². The van der Waals surface area contributed by atoms with Crippen LogP contribution in [0.5, 0.6) is 5.75 Å². The van der Waals surface area contributed by atoms with Crippen LogP contribution in [0.15, 0.2) is 42.9 Å². The molecule has 1 aliphatic rings. The van der Waals surface area contributed by atoms with Gasteiger partial charge in [-0.25, -0.2) is 9.97 Å². The maximum atomic E-state index is 13.5. The van der Waals surface area contributed by atoms with Crippen LogP contribution in [0.2, 0.25) is 0 Å². The minimum atomic E-state index is -0.0607. The third-order valence-corrected chi connectivity index (χ3v) is 6.32. The number of methoxy groups -OCH3 is 1. The molecule has 33 heavy (non-hydrogen) atoms. The van der Waals surface area contributed by atoms with E-state index in [-0.39, 0.29) is 11.9 Å². The molecule has 4 rings (SSSR count). The number of pyridine rings is 1. The topological polar surface area (TPSA) is 68.2 Å². The van der Waals surface area contributed by atoms with Gasteiger partial charge in [0.15, 0.2) is 0 Å². The molecule has 172 valence electrons. The molecule has 1 aromatic carbocycles. The van der Waals surface area contributed by atoms with Crippen molar-refractivity contribution in [2.75, 3.05) is 13.7 Å². The number of carbonyl (C=O) groups excluding carboxylic acids is 1. The average molecular weight is 445 g/mol. The van der Waals surface area contributed by atoms with Crippen LogP contribution in [-0.4, -0.2) is 39.4 Å². The first kappa shape index (κ1) is 22.9. The summed E-state index contributed by atoms with van der Waals surface area (Å²) >= 11 is 0. The molecule has 2 aromatic heterocycles. The molecule has 3 aromatic rings. The lowest BCUT2D eigenvalue weighted by Crippen LogP contribution is -2.33. The van der Waals surface area contributed by atoms with Gasteiger partial charge in [-0.3, -0.25) is 9.78 Å². The van der Waals surface area contributed by atoms with Crippen molar-refractivity contribution in [2.24, 2.45) is 0 Å². The zero-order chi connectivity index (χ0) is 23.4. The largest absolute Gasteiger partial charge is 0.496 e. The second-order valence-corrected chi connectivity index (χ2v) is 8.76. The van der Waals surface area contributed by atoms with Crippen molar-refractivity contribution in [3.8, 4) is 16.9 Å². The van der Waals surface area contributed by atoms with Gasteiger partial charge in [0.25, 0.3) is 0 Å². The molecule has 6 heteroatoms. The maximum Gasteiger partial charge on any atom is 0.227 e. The molecule has 1 amide bonds. The molecule has 0 aliphatic carbocycles. The first-order valence-corrected chi connectivity index (χ1v) is 11.7. The van der Waals surface area contributed by atoms with Crippen molar-refractivity contribution in [1.29, 1.82) is 0 Å². The predicted molar refractivity (Wildman–Crippen MR) is 129 cm³/mol. The van der Waals surface area contributed by atoms with Gasteiger partial charge in [-0.2, -0.15) is 0 Å². The summed E-state index contributed by atoms with van der Waals surface area (Å²) in [6.45, 7) is 6.95. The summed E-state index contributed by atoms with van der Waals surface area (Å²) in [5.74, 6) is 1.70. The van der Waals surface area contributed by atoms with Crippen molar-refractivity contribution < 1.29 is 9.53 Å². The van der Waals surface area contributed by atoms with Gasteiger partial charge in [0.05, 0.1) is 25.3 Å². The van der Waals surface area contributed by atoms with E-state index in [4.69, 9.17) is 9.72 Å². The van der Waals surface area contributed by atoms with E-state index in [2.05, 4.69) is 16.9 Å². The van der Waals surface area contributed by atoms with Gasteiger partial charge in [-0.1, -0.05) is 24.6 Å². The van der Waals surface area contributed by atoms with Crippen LogP contribution in [0, 0.1) is 13.8 Å². The number of likely N-dealkylation sites (tertiary alicyclic amines) is 1. The predicted octanol–water partition coefficient (Wildman–Crippen LogP) is 5.02. The number of rotatable bonds is 7. The Morgan fingerprint density at radius 3 is 2.79 bits per heavy atom. The van der Waals surface area contributed by atoms with E-state index in [1.807, 2.05) is 55.4 Å². The van der Waals surface area contributed by atoms with Crippen LogP contribution >= 0.6 is 0 Å². The summed E-state index contributed by atoms with van der Waals surface area (Å²) in [5, 5.41) is 0. The highest BCUT2D eigenvalue weighted by atomic mass is 16.5. The molecule has 0 saturated carbocycles. The Bertz CT molecular complexity index is 1140. The summed E-state index contributed by atoms with van der Waals surface area (Å²) in [6, 6.07) is 7.93. The number of amides is 1. The van der Waals surface area contributed by atoms with Crippen molar-refractivity contribution in [3.63, 3.8) is 0 Å². The first-order chi connectivity index (χ1) is 16.0.